The number of nitrogens with zero attached hydrogens (tertiary/aromatic N) is 3. The fraction of sp³-hybridized carbons (Fsp3) is 0.375. The molecule has 2 aromatic carbocycles. The zero-order valence-electron chi connectivity index (χ0n) is 19.1. The number of benzene rings is 2. The molecule has 4 rings (SSSR count). The van der Waals surface area contributed by atoms with Crippen molar-refractivity contribution in [2.45, 2.75) is 45.1 Å². The number of halogens is 3. The van der Waals surface area contributed by atoms with Gasteiger partial charge in [0, 0.05) is 16.1 Å². The normalized spacial score (nSPS) is 17.5. The maximum atomic E-state index is 15.2. The monoisotopic (exact) mass is 507 g/mol. The van der Waals surface area contributed by atoms with E-state index in [1.54, 1.807) is 47.9 Å². The summed E-state index contributed by atoms with van der Waals surface area (Å²) in [5, 5.41) is 9.13. The first-order chi connectivity index (χ1) is 16.2. The van der Waals surface area contributed by atoms with E-state index in [0.29, 0.717) is 32.6 Å². The quantitative estimate of drug-likeness (QED) is 0.386. The van der Waals surface area contributed by atoms with Gasteiger partial charge in [-0.2, -0.15) is 0 Å². The van der Waals surface area contributed by atoms with Crippen LogP contribution < -0.4 is 4.74 Å². The lowest BCUT2D eigenvalue weighted by molar-refractivity contribution is -0.147. The Hall–Kier alpha value is -2.68. The van der Waals surface area contributed by atoms with E-state index >= 15 is 4.39 Å². The Balaban J connectivity index is 1.98. The van der Waals surface area contributed by atoms with Crippen LogP contribution in [0.15, 0.2) is 36.4 Å². The van der Waals surface area contributed by atoms with E-state index < -0.39 is 23.8 Å². The van der Waals surface area contributed by atoms with E-state index in [1.807, 2.05) is 0 Å². The number of fused-ring (bicyclic) bond motifs is 3. The Morgan fingerprint density at radius 2 is 1.97 bits per heavy atom. The summed E-state index contributed by atoms with van der Waals surface area (Å²) in [5.74, 6) is 0.324. The molecular weight excluding hydrogens is 484 g/mol. The molecule has 0 aliphatic carbocycles. The molecule has 0 saturated heterocycles. The molecule has 1 aromatic heterocycles. The Morgan fingerprint density at radius 1 is 1.21 bits per heavy atom. The molecule has 3 aromatic rings. The number of hydrogen-bond donors (Lipinski definition) is 0. The van der Waals surface area contributed by atoms with Gasteiger partial charge in [-0.25, -0.2) is 4.39 Å². The molecule has 2 atom stereocenters. The molecule has 0 fully saturated rings. The largest absolute Gasteiger partial charge is 0.495 e. The topological polar surface area (TPSA) is 75.5 Å². The van der Waals surface area contributed by atoms with Crippen molar-refractivity contribution < 1.29 is 23.4 Å². The molecular formula is C24H24Cl2FN3O4. The first-order valence-corrected chi connectivity index (χ1v) is 11.5. The first kappa shape index (κ1) is 24.4. The highest BCUT2D eigenvalue weighted by Crippen LogP contribution is 2.46. The van der Waals surface area contributed by atoms with Gasteiger partial charge >= 0.3 is 5.97 Å². The van der Waals surface area contributed by atoms with Crippen LogP contribution in [0.4, 0.5) is 4.39 Å². The summed E-state index contributed by atoms with van der Waals surface area (Å²) in [6.45, 7) is 4.71. The minimum atomic E-state index is -1.83. The number of hydrogen-bond acceptors (Lipinski definition) is 6. The van der Waals surface area contributed by atoms with Gasteiger partial charge in [-0.15, -0.1) is 10.2 Å². The van der Waals surface area contributed by atoms with Crippen molar-refractivity contribution in [2.75, 3.05) is 13.7 Å². The fourth-order valence-electron chi connectivity index (χ4n) is 4.00. The van der Waals surface area contributed by atoms with Gasteiger partial charge in [0.1, 0.15) is 18.0 Å². The van der Waals surface area contributed by atoms with Crippen LogP contribution in [0.3, 0.4) is 0 Å². The summed E-state index contributed by atoms with van der Waals surface area (Å²) in [6, 6.07) is 10.5. The Morgan fingerprint density at radius 3 is 2.65 bits per heavy atom. The maximum Gasteiger partial charge on any atom is 0.308 e. The van der Waals surface area contributed by atoms with Crippen LogP contribution in [-0.2, 0) is 19.9 Å². The van der Waals surface area contributed by atoms with Gasteiger partial charge in [0.05, 0.1) is 30.8 Å². The highest BCUT2D eigenvalue weighted by molar-refractivity contribution is 6.33. The second kappa shape index (κ2) is 9.52. The third kappa shape index (κ3) is 4.50. The summed E-state index contributed by atoms with van der Waals surface area (Å²) >= 11 is 13.0. The average molecular weight is 508 g/mol. The molecule has 10 heteroatoms. The summed E-state index contributed by atoms with van der Waals surface area (Å²) in [7, 11) is 1.52. The second-order valence-electron chi connectivity index (χ2n) is 8.27. The molecule has 0 N–H and O–H groups in total. The summed E-state index contributed by atoms with van der Waals surface area (Å²) in [6.07, 6.45) is -1.83. The van der Waals surface area contributed by atoms with E-state index in [4.69, 9.17) is 37.4 Å². The molecule has 1 aliphatic rings. The highest BCUT2D eigenvalue weighted by atomic mass is 35.5. The number of carbonyl (C=O) groups excluding carboxylic acids is 1. The van der Waals surface area contributed by atoms with Gasteiger partial charge in [-0.05, 0) is 45.0 Å². The van der Waals surface area contributed by atoms with Crippen molar-refractivity contribution in [3.8, 4) is 11.4 Å². The van der Waals surface area contributed by atoms with Crippen molar-refractivity contribution in [1.82, 2.24) is 14.8 Å². The number of methoxy groups -OCH3 is 1. The summed E-state index contributed by atoms with van der Waals surface area (Å²) in [5.41, 5.74) is -0.0523. The smallest absolute Gasteiger partial charge is 0.308 e. The molecule has 0 spiro atoms. The van der Waals surface area contributed by atoms with Crippen molar-refractivity contribution in [2.24, 2.45) is 0 Å². The van der Waals surface area contributed by atoms with Gasteiger partial charge in [-0.1, -0.05) is 35.3 Å². The van der Waals surface area contributed by atoms with Crippen molar-refractivity contribution in [3.63, 3.8) is 0 Å². The SMILES string of the molecule is CCOC(=O)C[C@@H]1O[C@@H](c2cccc(OC)c2Cl)c2cc(Cl)ccc2-n2c1nnc2C(C)(C)F. The highest BCUT2D eigenvalue weighted by Gasteiger charge is 2.39. The molecule has 0 radical (unpaired) electrons. The predicted octanol–water partition coefficient (Wildman–Crippen LogP) is 5.90. The van der Waals surface area contributed by atoms with Crippen LogP contribution in [-0.4, -0.2) is 34.5 Å². The number of carbonyl (C=O) groups is 1. The lowest BCUT2D eigenvalue weighted by Gasteiger charge is -2.24. The molecule has 7 nitrogen and oxygen atoms in total. The third-order valence-electron chi connectivity index (χ3n) is 5.47. The lowest BCUT2D eigenvalue weighted by atomic mass is 9.98. The van der Waals surface area contributed by atoms with E-state index in [1.165, 1.54) is 21.0 Å². The minimum absolute atomic E-state index is 0.0703. The molecule has 34 heavy (non-hydrogen) atoms. The van der Waals surface area contributed by atoms with Gasteiger partial charge in [0.25, 0.3) is 0 Å². The minimum Gasteiger partial charge on any atom is -0.495 e. The first-order valence-electron chi connectivity index (χ1n) is 10.7. The zero-order chi connectivity index (χ0) is 24.6. The zero-order valence-corrected chi connectivity index (χ0v) is 20.7. The van der Waals surface area contributed by atoms with Crippen molar-refractivity contribution >= 4 is 29.2 Å². The molecule has 1 aliphatic heterocycles. The summed E-state index contributed by atoms with van der Waals surface area (Å²) in [4.78, 5) is 12.5. The Bertz CT molecular complexity index is 1230. The Kier molecular flexibility index (Phi) is 6.85. The molecule has 0 saturated carbocycles. The van der Waals surface area contributed by atoms with E-state index in [-0.39, 0.29) is 24.7 Å². The van der Waals surface area contributed by atoms with Gasteiger partial charge in [-0.3, -0.25) is 9.36 Å². The lowest BCUT2D eigenvalue weighted by Crippen LogP contribution is -2.19. The molecule has 180 valence electrons. The number of aromatic nitrogens is 3. The average Bonchev–Trinajstić information content (AvgIpc) is 3.18. The van der Waals surface area contributed by atoms with Crippen LogP contribution in [0.5, 0.6) is 5.75 Å². The van der Waals surface area contributed by atoms with Crippen LogP contribution in [0.1, 0.15) is 62.2 Å². The van der Waals surface area contributed by atoms with Crippen LogP contribution in [0.2, 0.25) is 10.0 Å². The van der Waals surface area contributed by atoms with Crippen molar-refractivity contribution in [3.05, 3.63) is 69.2 Å². The number of esters is 1. The number of ether oxygens (including phenoxy) is 3. The molecule has 2 heterocycles. The van der Waals surface area contributed by atoms with Crippen LogP contribution in [0.25, 0.3) is 5.69 Å². The number of alkyl halides is 1. The third-order valence-corrected chi connectivity index (χ3v) is 6.11. The van der Waals surface area contributed by atoms with Crippen molar-refractivity contribution in [1.29, 1.82) is 0 Å². The van der Waals surface area contributed by atoms with Gasteiger partial charge < -0.3 is 14.2 Å². The van der Waals surface area contributed by atoms with Crippen LogP contribution >= 0.6 is 23.2 Å². The predicted molar refractivity (Wildman–Crippen MR) is 125 cm³/mol. The molecule has 0 unspecified atom stereocenters. The van der Waals surface area contributed by atoms with Crippen LogP contribution in [0, 0.1) is 0 Å². The maximum absolute atomic E-state index is 15.2. The molecule has 0 bridgehead atoms. The summed E-state index contributed by atoms with van der Waals surface area (Å²) < 4.78 is 33.8. The fourth-order valence-corrected chi connectivity index (χ4v) is 4.49. The number of rotatable bonds is 6. The standard InChI is InChI=1S/C24H24Cl2FN3O4/c1-5-33-19(31)12-18-22-28-29-23(24(2,3)27)30(22)16-10-9-13(25)11-15(16)21(34-18)14-7-6-8-17(32-4)20(14)26/h6-11,18,21H,5,12H2,1-4H3/t18-,21-/m0/s1. The van der Waals surface area contributed by atoms with Gasteiger partial charge in [0.15, 0.2) is 17.3 Å². The molecule has 0 amide bonds. The van der Waals surface area contributed by atoms with E-state index in [9.17, 15) is 4.79 Å². The Labute approximate surface area is 206 Å². The van der Waals surface area contributed by atoms with E-state index in [2.05, 4.69) is 10.2 Å². The van der Waals surface area contributed by atoms with Gasteiger partial charge in [0.2, 0.25) is 0 Å². The second-order valence-corrected chi connectivity index (χ2v) is 9.08. The van der Waals surface area contributed by atoms with E-state index in [0.717, 1.165) is 0 Å².